The summed E-state index contributed by atoms with van der Waals surface area (Å²) in [6.07, 6.45) is 2.03. The van der Waals surface area contributed by atoms with Gasteiger partial charge in [0.15, 0.2) is 5.78 Å². The summed E-state index contributed by atoms with van der Waals surface area (Å²) in [6.45, 7) is 4.00. The number of nitrogens with zero attached hydrogens (tertiary/aromatic N) is 1. The Bertz CT molecular complexity index is 396. The van der Waals surface area contributed by atoms with E-state index in [1.165, 1.54) is 0 Å². The van der Waals surface area contributed by atoms with E-state index in [2.05, 4.69) is 4.31 Å². The maximum absolute atomic E-state index is 12.4. The van der Waals surface area contributed by atoms with Crippen molar-refractivity contribution in [2.24, 2.45) is 0 Å². The number of carbonyl (C=O) groups is 1. The molecule has 0 radical (unpaired) electrons. The molecule has 17 heavy (non-hydrogen) atoms. The molecule has 2 rings (SSSR count). The maximum Gasteiger partial charge on any atom is 0.195 e. The van der Waals surface area contributed by atoms with Gasteiger partial charge in [0.2, 0.25) is 0 Å². The number of carbonyl (C=O) groups excluding carboxylic acids is 1. The lowest BCUT2D eigenvalue weighted by Crippen LogP contribution is -2.52. The van der Waals surface area contributed by atoms with Gasteiger partial charge in [-0.25, -0.2) is 4.31 Å². The number of morpholine rings is 1. The summed E-state index contributed by atoms with van der Waals surface area (Å²) >= 11 is 1.66. The van der Waals surface area contributed by atoms with Crippen LogP contribution >= 0.6 is 11.9 Å². The summed E-state index contributed by atoms with van der Waals surface area (Å²) < 4.78 is 7.88. The van der Waals surface area contributed by atoms with Crippen molar-refractivity contribution in [3.05, 3.63) is 35.9 Å². The minimum Gasteiger partial charge on any atom is -0.364 e. The Balaban J connectivity index is 2.18. The number of benzene rings is 1. The summed E-state index contributed by atoms with van der Waals surface area (Å²) in [5.41, 5.74) is 0.000697. The molecule has 1 aromatic carbocycles. The fourth-order valence-corrected chi connectivity index (χ4v) is 2.65. The molecule has 4 heteroatoms. The molecule has 0 bridgehead atoms. The van der Waals surface area contributed by atoms with Crippen LogP contribution in [0.15, 0.2) is 30.3 Å². The average molecular weight is 251 g/mol. The van der Waals surface area contributed by atoms with Crippen molar-refractivity contribution in [3.8, 4) is 0 Å². The first-order chi connectivity index (χ1) is 8.15. The molecule has 0 N–H and O–H groups in total. The number of ether oxygens (including phenoxy) is 1. The minimum absolute atomic E-state index is 0.0665. The van der Waals surface area contributed by atoms with E-state index >= 15 is 0 Å². The first-order valence-corrected chi connectivity index (χ1v) is 6.87. The van der Waals surface area contributed by atoms with Crippen LogP contribution in [0.25, 0.3) is 0 Å². The number of ketones is 1. The standard InChI is InChI=1S/C13H17NO2S/c1-13(10-14(17-2)8-9-16-13)12(15)11-6-4-3-5-7-11/h3-7H,8-10H2,1-2H3. The molecule has 1 atom stereocenters. The van der Waals surface area contributed by atoms with Crippen molar-refractivity contribution >= 4 is 17.7 Å². The van der Waals surface area contributed by atoms with Gasteiger partial charge in [-0.1, -0.05) is 42.3 Å². The van der Waals surface area contributed by atoms with Gasteiger partial charge >= 0.3 is 0 Å². The third-order valence-corrected chi connectivity index (χ3v) is 3.84. The van der Waals surface area contributed by atoms with Crippen LogP contribution < -0.4 is 0 Å². The number of rotatable bonds is 3. The van der Waals surface area contributed by atoms with Gasteiger partial charge in [-0.05, 0) is 13.2 Å². The summed E-state index contributed by atoms with van der Waals surface area (Å²) in [7, 11) is 0. The van der Waals surface area contributed by atoms with Crippen LogP contribution in [0.2, 0.25) is 0 Å². The first-order valence-electron chi connectivity index (χ1n) is 5.68. The zero-order valence-corrected chi connectivity index (χ0v) is 11.0. The topological polar surface area (TPSA) is 29.5 Å². The highest BCUT2D eigenvalue weighted by Gasteiger charge is 2.39. The molecule has 1 fully saturated rings. The van der Waals surface area contributed by atoms with Crippen LogP contribution in [0, 0.1) is 0 Å². The summed E-state index contributed by atoms with van der Waals surface area (Å²) in [6, 6.07) is 9.36. The normalized spacial score (nSPS) is 25.8. The largest absolute Gasteiger partial charge is 0.364 e. The van der Waals surface area contributed by atoms with Crippen LogP contribution in [-0.2, 0) is 4.74 Å². The van der Waals surface area contributed by atoms with Crippen molar-refractivity contribution in [1.82, 2.24) is 4.31 Å². The van der Waals surface area contributed by atoms with Crippen molar-refractivity contribution < 1.29 is 9.53 Å². The van der Waals surface area contributed by atoms with Gasteiger partial charge in [0.25, 0.3) is 0 Å². The van der Waals surface area contributed by atoms with E-state index in [1.54, 1.807) is 11.9 Å². The fraction of sp³-hybridized carbons (Fsp3) is 0.462. The molecular formula is C13H17NO2S. The summed E-state index contributed by atoms with van der Waals surface area (Å²) in [5, 5.41) is 0. The second kappa shape index (κ2) is 5.21. The van der Waals surface area contributed by atoms with E-state index in [-0.39, 0.29) is 5.78 Å². The Labute approximate surface area is 106 Å². The Morgan fingerprint density at radius 2 is 2.12 bits per heavy atom. The monoisotopic (exact) mass is 251 g/mol. The fourth-order valence-electron chi connectivity index (χ4n) is 2.02. The van der Waals surface area contributed by atoms with E-state index in [0.29, 0.717) is 13.2 Å². The van der Waals surface area contributed by atoms with Gasteiger partial charge in [-0.15, -0.1) is 0 Å². The second-order valence-corrected chi connectivity index (χ2v) is 5.20. The Morgan fingerprint density at radius 1 is 1.41 bits per heavy atom. The first kappa shape index (κ1) is 12.6. The van der Waals surface area contributed by atoms with Crippen molar-refractivity contribution in [1.29, 1.82) is 0 Å². The SMILES string of the molecule is CSN1CCOC(C)(C(=O)c2ccccc2)C1. The predicted molar refractivity (Wildman–Crippen MR) is 70.2 cm³/mol. The van der Waals surface area contributed by atoms with Gasteiger partial charge in [0.05, 0.1) is 6.61 Å². The van der Waals surface area contributed by atoms with E-state index in [0.717, 1.165) is 12.1 Å². The van der Waals surface area contributed by atoms with Gasteiger partial charge in [0, 0.05) is 18.7 Å². The van der Waals surface area contributed by atoms with Crippen LogP contribution in [0.4, 0.5) is 0 Å². The zero-order chi connectivity index (χ0) is 12.3. The van der Waals surface area contributed by atoms with Crippen molar-refractivity contribution in [3.63, 3.8) is 0 Å². The van der Waals surface area contributed by atoms with Crippen LogP contribution in [-0.4, -0.2) is 41.6 Å². The van der Waals surface area contributed by atoms with E-state index < -0.39 is 5.60 Å². The minimum atomic E-state index is -0.720. The highest BCUT2D eigenvalue weighted by molar-refractivity contribution is 7.96. The second-order valence-electron chi connectivity index (χ2n) is 4.32. The van der Waals surface area contributed by atoms with Crippen LogP contribution in [0.5, 0.6) is 0 Å². The lowest BCUT2D eigenvalue weighted by atomic mass is 9.93. The van der Waals surface area contributed by atoms with Crippen molar-refractivity contribution in [2.75, 3.05) is 26.0 Å². The summed E-state index contributed by atoms with van der Waals surface area (Å²) in [5.74, 6) is 0.0665. The third kappa shape index (κ3) is 2.70. The molecule has 0 spiro atoms. The van der Waals surface area contributed by atoms with Gasteiger partial charge < -0.3 is 4.74 Å². The Morgan fingerprint density at radius 3 is 2.76 bits per heavy atom. The van der Waals surface area contributed by atoms with E-state index in [1.807, 2.05) is 43.5 Å². The maximum atomic E-state index is 12.4. The number of hydrogen-bond donors (Lipinski definition) is 0. The van der Waals surface area contributed by atoms with Gasteiger partial charge in [-0.2, -0.15) is 0 Å². The Kier molecular flexibility index (Phi) is 3.86. The zero-order valence-electron chi connectivity index (χ0n) is 10.2. The van der Waals surface area contributed by atoms with Gasteiger partial charge in [-0.3, -0.25) is 4.79 Å². The molecule has 0 amide bonds. The predicted octanol–water partition coefficient (Wildman–Crippen LogP) is 2.24. The summed E-state index contributed by atoms with van der Waals surface area (Å²) in [4.78, 5) is 12.4. The lowest BCUT2D eigenvalue weighted by molar-refractivity contribution is -0.0518. The lowest BCUT2D eigenvalue weighted by Gasteiger charge is -2.38. The molecule has 1 saturated heterocycles. The molecule has 92 valence electrons. The molecule has 0 saturated carbocycles. The van der Waals surface area contributed by atoms with E-state index in [4.69, 9.17) is 4.74 Å². The number of hydrogen-bond acceptors (Lipinski definition) is 4. The van der Waals surface area contributed by atoms with Gasteiger partial charge in [0.1, 0.15) is 5.60 Å². The molecule has 1 unspecified atom stereocenters. The van der Waals surface area contributed by atoms with E-state index in [9.17, 15) is 4.79 Å². The van der Waals surface area contributed by atoms with Crippen LogP contribution in [0.1, 0.15) is 17.3 Å². The molecular weight excluding hydrogens is 234 g/mol. The average Bonchev–Trinajstić information content (AvgIpc) is 2.39. The molecule has 3 nitrogen and oxygen atoms in total. The molecule has 1 heterocycles. The highest BCUT2D eigenvalue weighted by atomic mass is 32.2. The van der Waals surface area contributed by atoms with Crippen molar-refractivity contribution in [2.45, 2.75) is 12.5 Å². The molecule has 1 aliphatic rings. The molecule has 0 aliphatic carbocycles. The number of Topliss-reactive ketones (excluding diaryl/α,β-unsaturated/α-hetero) is 1. The highest BCUT2D eigenvalue weighted by Crippen LogP contribution is 2.25. The Hall–Kier alpha value is -0.840. The molecule has 1 aliphatic heterocycles. The van der Waals surface area contributed by atoms with Crippen LogP contribution in [0.3, 0.4) is 0 Å². The quantitative estimate of drug-likeness (QED) is 0.608. The smallest absolute Gasteiger partial charge is 0.195 e. The third-order valence-electron chi connectivity index (χ3n) is 3.01. The molecule has 1 aromatic rings. The molecule has 0 aromatic heterocycles.